The van der Waals surface area contributed by atoms with Crippen molar-refractivity contribution in [3.05, 3.63) is 12.4 Å². The molecule has 0 radical (unpaired) electrons. The molecule has 1 atom stereocenters. The second kappa shape index (κ2) is 5.58. The molecule has 2 amide bonds. The number of nitrogens with one attached hydrogen (secondary N) is 2. The van der Waals surface area contributed by atoms with E-state index in [0.29, 0.717) is 19.6 Å². The second-order valence-electron chi connectivity index (χ2n) is 4.02. The summed E-state index contributed by atoms with van der Waals surface area (Å²) in [7, 11) is 1.57. The Bertz CT molecular complexity index is 418. The van der Waals surface area contributed by atoms with Crippen LogP contribution in [0.2, 0.25) is 0 Å². The molecule has 0 saturated carbocycles. The van der Waals surface area contributed by atoms with Crippen LogP contribution in [0.3, 0.4) is 0 Å². The van der Waals surface area contributed by atoms with Crippen molar-refractivity contribution in [3.8, 4) is 0 Å². The van der Waals surface area contributed by atoms with E-state index in [-0.39, 0.29) is 18.4 Å². The molecule has 8 nitrogen and oxygen atoms in total. The Morgan fingerprint density at radius 3 is 3.06 bits per heavy atom. The van der Waals surface area contributed by atoms with Crippen LogP contribution in [0, 0.1) is 0 Å². The predicted molar refractivity (Wildman–Crippen MR) is 62.5 cm³/mol. The molecule has 1 aliphatic heterocycles. The molecule has 1 aliphatic rings. The number of likely N-dealkylation sites (N-methyl/N-ethyl adjacent to an activating group) is 1. The van der Waals surface area contributed by atoms with Gasteiger partial charge in [0, 0.05) is 32.9 Å². The lowest BCUT2D eigenvalue weighted by Crippen LogP contribution is -2.59. The van der Waals surface area contributed by atoms with Crippen LogP contribution in [0.1, 0.15) is 0 Å². The molecule has 1 fully saturated rings. The highest BCUT2D eigenvalue weighted by molar-refractivity contribution is 5.87. The van der Waals surface area contributed by atoms with Crippen LogP contribution in [-0.2, 0) is 16.1 Å². The first kappa shape index (κ1) is 12.5. The van der Waals surface area contributed by atoms with Crippen LogP contribution >= 0.6 is 0 Å². The van der Waals surface area contributed by atoms with Crippen molar-refractivity contribution in [1.82, 2.24) is 30.5 Å². The topological polar surface area (TPSA) is 92.2 Å². The molecule has 98 valence electrons. The molecular weight excluding hydrogens is 236 g/mol. The van der Waals surface area contributed by atoms with Crippen LogP contribution < -0.4 is 10.6 Å². The van der Waals surface area contributed by atoms with Crippen LogP contribution in [-0.4, -0.2) is 64.4 Å². The maximum absolute atomic E-state index is 12.1. The number of carbonyl (C=O) groups is 2. The van der Waals surface area contributed by atoms with Gasteiger partial charge in [-0.3, -0.25) is 9.59 Å². The number of nitrogens with zero attached hydrogens (tertiary/aromatic N) is 4. The van der Waals surface area contributed by atoms with Gasteiger partial charge in [-0.1, -0.05) is 5.21 Å². The Hall–Kier alpha value is -1.96. The van der Waals surface area contributed by atoms with E-state index >= 15 is 0 Å². The van der Waals surface area contributed by atoms with Crippen LogP contribution in [0.25, 0.3) is 0 Å². The van der Waals surface area contributed by atoms with E-state index in [1.807, 2.05) is 0 Å². The van der Waals surface area contributed by atoms with Gasteiger partial charge in [-0.25, -0.2) is 4.68 Å². The van der Waals surface area contributed by atoms with E-state index in [0.717, 1.165) is 0 Å². The van der Waals surface area contributed by atoms with Gasteiger partial charge in [-0.05, 0) is 0 Å². The van der Waals surface area contributed by atoms with Crippen LogP contribution in [0.15, 0.2) is 12.4 Å². The summed E-state index contributed by atoms with van der Waals surface area (Å²) in [6.45, 7) is 1.79. The highest BCUT2D eigenvalue weighted by Gasteiger charge is 2.31. The van der Waals surface area contributed by atoms with E-state index in [9.17, 15) is 9.59 Å². The average molecular weight is 252 g/mol. The molecule has 2 rings (SSSR count). The summed E-state index contributed by atoms with van der Waals surface area (Å²) in [6.07, 6.45) is 3.14. The molecule has 1 aromatic heterocycles. The van der Waals surface area contributed by atoms with Crippen molar-refractivity contribution in [2.45, 2.75) is 12.6 Å². The number of hydrogen-bond acceptors (Lipinski definition) is 5. The van der Waals surface area contributed by atoms with Gasteiger partial charge in [0.05, 0.1) is 6.20 Å². The quantitative estimate of drug-likeness (QED) is 0.638. The normalized spacial score (nSPS) is 19.6. The van der Waals surface area contributed by atoms with Gasteiger partial charge in [-0.2, -0.15) is 0 Å². The summed E-state index contributed by atoms with van der Waals surface area (Å²) in [5, 5.41) is 13.1. The smallest absolute Gasteiger partial charge is 0.245 e. The molecule has 8 heteroatoms. The number of rotatable bonds is 3. The first-order chi connectivity index (χ1) is 8.72. The maximum atomic E-state index is 12.1. The van der Waals surface area contributed by atoms with Gasteiger partial charge in [0.1, 0.15) is 12.6 Å². The second-order valence-corrected chi connectivity index (χ2v) is 4.02. The van der Waals surface area contributed by atoms with E-state index in [2.05, 4.69) is 20.9 Å². The van der Waals surface area contributed by atoms with Crippen molar-refractivity contribution in [3.63, 3.8) is 0 Å². The Labute approximate surface area is 104 Å². The van der Waals surface area contributed by atoms with Crippen molar-refractivity contribution in [1.29, 1.82) is 0 Å². The highest BCUT2D eigenvalue weighted by Crippen LogP contribution is 2.05. The summed E-state index contributed by atoms with van der Waals surface area (Å²) in [4.78, 5) is 25.4. The van der Waals surface area contributed by atoms with Gasteiger partial charge in [-0.15, -0.1) is 5.10 Å². The van der Waals surface area contributed by atoms with Crippen molar-refractivity contribution in [2.75, 3.05) is 26.7 Å². The number of amides is 2. The zero-order valence-electron chi connectivity index (χ0n) is 10.2. The van der Waals surface area contributed by atoms with Gasteiger partial charge in [0.25, 0.3) is 0 Å². The Kier molecular flexibility index (Phi) is 3.88. The fourth-order valence-corrected chi connectivity index (χ4v) is 1.95. The average Bonchev–Trinajstić information content (AvgIpc) is 2.90. The minimum Gasteiger partial charge on any atom is -0.357 e. The first-order valence-electron chi connectivity index (χ1n) is 5.78. The van der Waals surface area contributed by atoms with E-state index in [1.54, 1.807) is 18.1 Å². The summed E-state index contributed by atoms with van der Waals surface area (Å²) in [6, 6.07) is -0.459. The summed E-state index contributed by atoms with van der Waals surface area (Å²) in [5.74, 6) is -0.287. The molecule has 0 aromatic carbocycles. The maximum Gasteiger partial charge on any atom is 0.245 e. The highest BCUT2D eigenvalue weighted by atomic mass is 16.2. The molecule has 0 spiro atoms. The molecular formula is C10H16N6O2. The van der Waals surface area contributed by atoms with Crippen molar-refractivity contribution < 1.29 is 9.59 Å². The third-order valence-corrected chi connectivity index (χ3v) is 2.88. The minimum atomic E-state index is -0.459. The number of hydrogen-bond donors (Lipinski definition) is 2. The van der Waals surface area contributed by atoms with E-state index in [1.165, 1.54) is 10.9 Å². The third kappa shape index (κ3) is 2.65. The fraction of sp³-hybridized carbons (Fsp3) is 0.600. The van der Waals surface area contributed by atoms with E-state index in [4.69, 9.17) is 0 Å². The molecule has 2 N–H and O–H groups in total. The Balaban J connectivity index is 2.04. The van der Waals surface area contributed by atoms with Crippen LogP contribution in [0.4, 0.5) is 0 Å². The van der Waals surface area contributed by atoms with E-state index < -0.39 is 6.04 Å². The molecule has 18 heavy (non-hydrogen) atoms. The van der Waals surface area contributed by atoms with Crippen LogP contribution in [0.5, 0.6) is 0 Å². The van der Waals surface area contributed by atoms with Gasteiger partial charge >= 0.3 is 0 Å². The number of carbonyl (C=O) groups excluding carboxylic acids is 2. The molecule has 0 aliphatic carbocycles. The lowest BCUT2D eigenvalue weighted by molar-refractivity contribution is -0.142. The zero-order chi connectivity index (χ0) is 13.0. The summed E-state index contributed by atoms with van der Waals surface area (Å²) >= 11 is 0. The molecule has 0 bridgehead atoms. The Morgan fingerprint density at radius 2 is 2.39 bits per heavy atom. The van der Waals surface area contributed by atoms with Crippen molar-refractivity contribution >= 4 is 11.8 Å². The lowest BCUT2D eigenvalue weighted by atomic mass is 10.1. The predicted octanol–water partition coefficient (Wildman–Crippen LogP) is -2.18. The largest absolute Gasteiger partial charge is 0.357 e. The Morgan fingerprint density at radius 1 is 1.56 bits per heavy atom. The standard InChI is InChI=1S/C10H16N6O2/c1-11-10(18)8-6-12-2-5-16(8)9(17)7-15-4-3-13-14-15/h3-4,8,12H,2,5-7H2,1H3,(H,11,18). The monoisotopic (exact) mass is 252 g/mol. The molecule has 2 heterocycles. The molecule has 1 unspecified atom stereocenters. The summed E-state index contributed by atoms with van der Waals surface area (Å²) < 4.78 is 1.45. The third-order valence-electron chi connectivity index (χ3n) is 2.88. The first-order valence-corrected chi connectivity index (χ1v) is 5.78. The van der Waals surface area contributed by atoms with Crippen molar-refractivity contribution in [2.24, 2.45) is 0 Å². The SMILES string of the molecule is CNC(=O)C1CNCCN1C(=O)Cn1ccnn1. The summed E-state index contributed by atoms with van der Waals surface area (Å²) in [5.41, 5.74) is 0. The number of aromatic nitrogens is 3. The molecule has 1 saturated heterocycles. The minimum absolute atomic E-state index is 0.105. The van der Waals surface area contributed by atoms with Gasteiger partial charge in [0.15, 0.2) is 0 Å². The number of piperazine rings is 1. The lowest BCUT2D eigenvalue weighted by Gasteiger charge is -2.34. The zero-order valence-corrected chi connectivity index (χ0v) is 10.2. The fourth-order valence-electron chi connectivity index (χ4n) is 1.95. The molecule has 1 aromatic rings. The van der Waals surface area contributed by atoms with Gasteiger partial charge in [0.2, 0.25) is 11.8 Å². The van der Waals surface area contributed by atoms with Gasteiger partial charge < -0.3 is 15.5 Å².